The lowest BCUT2D eigenvalue weighted by Crippen LogP contribution is -2.51. The number of carbonyl (C=O) groups excluding carboxylic acids is 1. The molecule has 1 aromatic rings. The third-order valence-corrected chi connectivity index (χ3v) is 6.59. The van der Waals surface area contributed by atoms with E-state index in [9.17, 15) is 4.79 Å². The lowest BCUT2D eigenvalue weighted by molar-refractivity contribution is -0.138. The van der Waals surface area contributed by atoms with Gasteiger partial charge in [-0.05, 0) is 37.3 Å². The molecule has 0 bridgehead atoms. The summed E-state index contributed by atoms with van der Waals surface area (Å²) >= 11 is 0. The number of halogens is 1. The highest BCUT2D eigenvalue weighted by Gasteiger charge is 2.42. The van der Waals surface area contributed by atoms with E-state index in [-0.39, 0.29) is 35.3 Å². The SMILES string of the molecule is CN=C(NCC(C)N1CCc2ccccc2C1)NCC1(C(=O)N(C)C)CCCC1.I. The first-order chi connectivity index (χ1) is 13.9. The van der Waals surface area contributed by atoms with Crippen molar-refractivity contribution in [2.45, 2.75) is 51.6 Å². The van der Waals surface area contributed by atoms with Crippen LogP contribution in [0.15, 0.2) is 29.3 Å². The van der Waals surface area contributed by atoms with Crippen molar-refractivity contribution in [2.24, 2.45) is 10.4 Å². The number of nitrogens with one attached hydrogen (secondary N) is 2. The zero-order valence-electron chi connectivity index (χ0n) is 18.9. The van der Waals surface area contributed by atoms with Crippen molar-refractivity contribution < 1.29 is 4.79 Å². The van der Waals surface area contributed by atoms with Crippen molar-refractivity contribution in [3.8, 4) is 0 Å². The lowest BCUT2D eigenvalue weighted by atomic mass is 9.84. The van der Waals surface area contributed by atoms with Crippen LogP contribution < -0.4 is 10.6 Å². The van der Waals surface area contributed by atoms with Crippen LogP contribution in [-0.2, 0) is 17.8 Å². The Balaban J connectivity index is 0.00000320. The van der Waals surface area contributed by atoms with Crippen LogP contribution in [-0.4, -0.2) is 68.5 Å². The first-order valence-corrected chi connectivity index (χ1v) is 10.9. The van der Waals surface area contributed by atoms with Crippen molar-refractivity contribution in [3.63, 3.8) is 0 Å². The number of rotatable bonds is 6. The van der Waals surface area contributed by atoms with Gasteiger partial charge in [0, 0.05) is 53.4 Å². The summed E-state index contributed by atoms with van der Waals surface area (Å²) in [5.41, 5.74) is 2.64. The summed E-state index contributed by atoms with van der Waals surface area (Å²) in [5.74, 6) is 1.02. The molecule has 1 heterocycles. The molecule has 0 spiro atoms. The van der Waals surface area contributed by atoms with E-state index in [4.69, 9.17) is 0 Å². The highest BCUT2D eigenvalue weighted by Crippen LogP contribution is 2.38. The lowest BCUT2D eigenvalue weighted by Gasteiger charge is -2.34. The molecule has 1 aromatic carbocycles. The van der Waals surface area contributed by atoms with Crippen molar-refractivity contribution in [1.29, 1.82) is 0 Å². The number of amides is 1. The largest absolute Gasteiger partial charge is 0.355 e. The van der Waals surface area contributed by atoms with E-state index in [1.54, 1.807) is 11.9 Å². The van der Waals surface area contributed by atoms with Crippen LogP contribution in [0.5, 0.6) is 0 Å². The Morgan fingerprint density at radius 2 is 1.87 bits per heavy atom. The predicted molar refractivity (Wildman–Crippen MR) is 134 cm³/mol. The Kier molecular flexibility index (Phi) is 9.40. The zero-order valence-corrected chi connectivity index (χ0v) is 21.2. The van der Waals surface area contributed by atoms with E-state index in [0.717, 1.165) is 57.7 Å². The topological polar surface area (TPSA) is 60.0 Å². The highest BCUT2D eigenvalue weighted by molar-refractivity contribution is 14.0. The highest BCUT2D eigenvalue weighted by atomic mass is 127. The van der Waals surface area contributed by atoms with E-state index in [1.165, 1.54) is 11.1 Å². The molecule has 3 rings (SSSR count). The molecule has 6 nitrogen and oxygen atoms in total. The molecule has 7 heteroatoms. The van der Waals surface area contributed by atoms with E-state index in [0.29, 0.717) is 12.6 Å². The predicted octanol–water partition coefficient (Wildman–Crippen LogP) is 2.86. The molecule has 2 N–H and O–H groups in total. The molecular formula is C23H38IN5O. The van der Waals surface area contributed by atoms with Crippen LogP contribution in [0.3, 0.4) is 0 Å². The second kappa shape index (κ2) is 11.3. The molecule has 168 valence electrons. The molecule has 0 radical (unpaired) electrons. The van der Waals surface area contributed by atoms with Crippen LogP contribution in [0.2, 0.25) is 0 Å². The standard InChI is InChI=1S/C23H37N5O.HI/c1-18(28-14-11-19-9-5-6-10-20(19)16-28)15-25-22(24-2)26-17-23(12-7-8-13-23)21(29)27(3)4;/h5-6,9-10,18H,7-8,11-17H2,1-4H3,(H2,24,25,26);1H. The maximum atomic E-state index is 12.8. The molecule has 0 aromatic heterocycles. The molecule has 1 atom stereocenters. The molecule has 1 aliphatic heterocycles. The molecule has 2 aliphatic rings. The smallest absolute Gasteiger partial charge is 0.230 e. The van der Waals surface area contributed by atoms with Crippen LogP contribution >= 0.6 is 24.0 Å². The van der Waals surface area contributed by atoms with Crippen molar-refractivity contribution in [2.75, 3.05) is 40.8 Å². The number of hydrogen-bond donors (Lipinski definition) is 2. The van der Waals surface area contributed by atoms with Gasteiger partial charge in [0.05, 0.1) is 5.41 Å². The number of hydrogen-bond acceptors (Lipinski definition) is 3. The Bertz CT molecular complexity index is 730. The van der Waals surface area contributed by atoms with Gasteiger partial charge in [0.1, 0.15) is 0 Å². The second-order valence-corrected chi connectivity index (χ2v) is 8.83. The number of nitrogens with zero attached hydrogens (tertiary/aromatic N) is 3. The van der Waals surface area contributed by atoms with E-state index in [2.05, 4.69) is 51.7 Å². The Hall–Kier alpha value is -1.35. The van der Waals surface area contributed by atoms with Gasteiger partial charge in [-0.15, -0.1) is 24.0 Å². The Labute approximate surface area is 198 Å². The molecule has 1 unspecified atom stereocenters. The quantitative estimate of drug-likeness (QED) is 0.340. The molecule has 1 saturated carbocycles. The van der Waals surface area contributed by atoms with Crippen LogP contribution in [0.4, 0.5) is 0 Å². The Morgan fingerprint density at radius 1 is 1.20 bits per heavy atom. The molecule has 1 aliphatic carbocycles. The third kappa shape index (κ3) is 5.87. The van der Waals surface area contributed by atoms with Crippen molar-refractivity contribution >= 4 is 35.8 Å². The minimum Gasteiger partial charge on any atom is -0.355 e. The number of fused-ring (bicyclic) bond motifs is 1. The van der Waals surface area contributed by atoms with Gasteiger partial charge in [-0.1, -0.05) is 37.1 Å². The summed E-state index contributed by atoms with van der Waals surface area (Å²) < 4.78 is 0. The summed E-state index contributed by atoms with van der Waals surface area (Å²) in [7, 11) is 5.51. The second-order valence-electron chi connectivity index (χ2n) is 8.83. The molecule has 0 saturated heterocycles. The van der Waals surface area contributed by atoms with E-state index in [1.807, 2.05) is 14.1 Å². The van der Waals surface area contributed by atoms with E-state index < -0.39 is 0 Å². The van der Waals surface area contributed by atoms with E-state index >= 15 is 0 Å². The molecular weight excluding hydrogens is 489 g/mol. The fourth-order valence-corrected chi connectivity index (χ4v) is 4.73. The average Bonchev–Trinajstić information content (AvgIpc) is 3.22. The minimum atomic E-state index is -0.288. The molecule has 1 fully saturated rings. The first-order valence-electron chi connectivity index (χ1n) is 10.9. The van der Waals surface area contributed by atoms with Gasteiger partial charge >= 0.3 is 0 Å². The van der Waals surface area contributed by atoms with Crippen LogP contribution in [0, 0.1) is 5.41 Å². The zero-order chi connectivity index (χ0) is 20.9. The third-order valence-electron chi connectivity index (χ3n) is 6.59. The summed E-state index contributed by atoms with van der Waals surface area (Å²) in [6.07, 6.45) is 5.28. The van der Waals surface area contributed by atoms with Crippen molar-refractivity contribution in [1.82, 2.24) is 20.4 Å². The van der Waals surface area contributed by atoms with Gasteiger partial charge in [-0.3, -0.25) is 14.7 Å². The Morgan fingerprint density at radius 3 is 2.50 bits per heavy atom. The van der Waals surface area contributed by atoms with Gasteiger partial charge in [0.2, 0.25) is 5.91 Å². The minimum absolute atomic E-state index is 0. The maximum Gasteiger partial charge on any atom is 0.230 e. The van der Waals surface area contributed by atoms with Gasteiger partial charge in [-0.25, -0.2) is 0 Å². The number of carbonyl (C=O) groups is 1. The number of aliphatic imine (C=N–C) groups is 1. The monoisotopic (exact) mass is 527 g/mol. The normalized spacial score (nSPS) is 19.4. The summed E-state index contributed by atoms with van der Waals surface area (Å²) in [6, 6.07) is 9.16. The average molecular weight is 527 g/mol. The molecule has 1 amide bonds. The summed E-state index contributed by atoms with van der Waals surface area (Å²) in [4.78, 5) is 21.4. The fourth-order valence-electron chi connectivity index (χ4n) is 4.73. The number of benzene rings is 1. The number of guanidine groups is 1. The van der Waals surface area contributed by atoms with Gasteiger partial charge in [0.25, 0.3) is 0 Å². The maximum absolute atomic E-state index is 12.8. The van der Waals surface area contributed by atoms with Crippen molar-refractivity contribution in [3.05, 3.63) is 35.4 Å². The van der Waals surface area contributed by atoms with Gasteiger partial charge < -0.3 is 15.5 Å². The van der Waals surface area contributed by atoms with Gasteiger partial charge in [-0.2, -0.15) is 0 Å². The summed E-state index contributed by atoms with van der Waals surface area (Å²) in [6.45, 7) is 5.84. The van der Waals surface area contributed by atoms with Crippen LogP contribution in [0.25, 0.3) is 0 Å². The van der Waals surface area contributed by atoms with Crippen LogP contribution in [0.1, 0.15) is 43.7 Å². The molecule has 30 heavy (non-hydrogen) atoms. The summed E-state index contributed by atoms with van der Waals surface area (Å²) in [5, 5.41) is 6.91. The first kappa shape index (κ1) is 24.9. The fraction of sp³-hybridized carbons (Fsp3) is 0.652. The van der Waals surface area contributed by atoms with Gasteiger partial charge in [0.15, 0.2) is 5.96 Å².